The number of carbonyl (C=O) groups excluding carboxylic acids is 1. The fourth-order valence-corrected chi connectivity index (χ4v) is 3.06. The number of carbonyl (C=O) groups is 1. The largest absolute Gasteiger partial charge is 0.380 e. The number of ether oxygens (including phenoxy) is 1. The molecule has 0 heterocycles. The summed E-state index contributed by atoms with van der Waals surface area (Å²) in [7, 11) is 1.67. The molecule has 2 aromatic carbocycles. The number of amides is 1. The van der Waals surface area contributed by atoms with Gasteiger partial charge in [0.1, 0.15) is 0 Å². The van der Waals surface area contributed by atoms with E-state index in [1.165, 1.54) is 11.1 Å². The Bertz CT molecular complexity index is 649. The molecule has 2 aromatic rings. The highest BCUT2D eigenvalue weighted by Gasteiger charge is 2.21. The molecule has 1 aliphatic carbocycles. The molecule has 1 N–H and O–H groups in total. The predicted octanol–water partition coefficient (Wildman–Crippen LogP) is 3.64. The predicted molar refractivity (Wildman–Crippen MR) is 86.7 cm³/mol. The van der Waals surface area contributed by atoms with Gasteiger partial charge in [-0.25, -0.2) is 0 Å². The standard InChI is InChI=1S/C19H21NO2/c1-22-13-14-9-11-16(12-10-14)19(21)20-18-8-4-6-15-5-2-3-7-17(15)18/h2-3,5,7,9-12,18H,4,6,8,13H2,1H3,(H,20,21). The fourth-order valence-electron chi connectivity index (χ4n) is 3.06. The molecular weight excluding hydrogens is 274 g/mol. The third-order valence-electron chi connectivity index (χ3n) is 4.20. The summed E-state index contributed by atoms with van der Waals surface area (Å²) in [5.74, 6) is -0.00864. The molecule has 114 valence electrons. The molecule has 0 bridgehead atoms. The number of aryl methyl sites for hydroxylation is 1. The summed E-state index contributed by atoms with van der Waals surface area (Å²) in [6.45, 7) is 0.567. The van der Waals surface area contributed by atoms with Crippen molar-refractivity contribution >= 4 is 5.91 Å². The summed E-state index contributed by atoms with van der Waals surface area (Å²) in [6.07, 6.45) is 3.23. The van der Waals surface area contributed by atoms with E-state index in [2.05, 4.69) is 23.5 Å². The first-order valence-electron chi connectivity index (χ1n) is 7.74. The van der Waals surface area contributed by atoms with E-state index in [1.807, 2.05) is 30.3 Å². The van der Waals surface area contributed by atoms with Crippen molar-refractivity contribution in [2.75, 3.05) is 7.11 Å². The first kappa shape index (κ1) is 14.8. The van der Waals surface area contributed by atoms with Gasteiger partial charge in [-0.05, 0) is 48.1 Å². The van der Waals surface area contributed by atoms with E-state index in [-0.39, 0.29) is 11.9 Å². The minimum atomic E-state index is -0.00864. The molecule has 0 aliphatic heterocycles. The maximum absolute atomic E-state index is 12.4. The highest BCUT2D eigenvalue weighted by atomic mass is 16.5. The molecule has 1 amide bonds. The third-order valence-corrected chi connectivity index (χ3v) is 4.20. The van der Waals surface area contributed by atoms with E-state index in [0.29, 0.717) is 12.2 Å². The van der Waals surface area contributed by atoms with Crippen molar-refractivity contribution < 1.29 is 9.53 Å². The van der Waals surface area contributed by atoms with Gasteiger partial charge in [-0.2, -0.15) is 0 Å². The van der Waals surface area contributed by atoms with Crippen LogP contribution in [0.3, 0.4) is 0 Å². The van der Waals surface area contributed by atoms with Crippen molar-refractivity contribution in [1.82, 2.24) is 5.32 Å². The lowest BCUT2D eigenvalue weighted by Gasteiger charge is -2.26. The quantitative estimate of drug-likeness (QED) is 0.935. The van der Waals surface area contributed by atoms with Gasteiger partial charge in [-0.1, -0.05) is 36.4 Å². The van der Waals surface area contributed by atoms with Gasteiger partial charge in [0.2, 0.25) is 0 Å². The maximum Gasteiger partial charge on any atom is 0.251 e. The molecule has 1 aliphatic rings. The second-order valence-electron chi connectivity index (χ2n) is 5.75. The lowest BCUT2D eigenvalue weighted by atomic mass is 9.87. The van der Waals surface area contributed by atoms with Gasteiger partial charge < -0.3 is 10.1 Å². The van der Waals surface area contributed by atoms with Crippen molar-refractivity contribution in [2.45, 2.75) is 31.9 Å². The molecule has 0 spiro atoms. The number of methoxy groups -OCH3 is 1. The fraction of sp³-hybridized carbons (Fsp3) is 0.316. The van der Waals surface area contributed by atoms with E-state index in [1.54, 1.807) is 7.11 Å². The van der Waals surface area contributed by atoms with Crippen LogP contribution in [0.1, 0.15) is 45.9 Å². The first-order valence-corrected chi connectivity index (χ1v) is 7.74. The Morgan fingerprint density at radius 3 is 2.73 bits per heavy atom. The first-order chi connectivity index (χ1) is 10.8. The summed E-state index contributed by atoms with van der Waals surface area (Å²) < 4.78 is 5.09. The van der Waals surface area contributed by atoms with Gasteiger partial charge in [0.05, 0.1) is 12.6 Å². The zero-order valence-corrected chi connectivity index (χ0v) is 12.8. The highest BCUT2D eigenvalue weighted by molar-refractivity contribution is 5.94. The van der Waals surface area contributed by atoms with Gasteiger partial charge in [-0.3, -0.25) is 4.79 Å². The SMILES string of the molecule is COCc1ccc(C(=O)NC2CCCc3ccccc32)cc1. The number of nitrogens with one attached hydrogen (secondary N) is 1. The molecule has 0 saturated heterocycles. The van der Waals surface area contributed by atoms with Crippen molar-refractivity contribution in [1.29, 1.82) is 0 Å². The summed E-state index contributed by atoms with van der Waals surface area (Å²) in [6, 6.07) is 16.1. The van der Waals surface area contributed by atoms with Crippen LogP contribution in [0.5, 0.6) is 0 Å². The summed E-state index contributed by atoms with van der Waals surface area (Å²) in [5.41, 5.74) is 4.39. The Labute approximate surface area is 131 Å². The third kappa shape index (κ3) is 3.20. The van der Waals surface area contributed by atoms with Crippen LogP contribution in [-0.4, -0.2) is 13.0 Å². The van der Waals surface area contributed by atoms with E-state index >= 15 is 0 Å². The van der Waals surface area contributed by atoms with Gasteiger partial charge in [0.25, 0.3) is 5.91 Å². The van der Waals surface area contributed by atoms with Gasteiger partial charge >= 0.3 is 0 Å². The molecule has 0 aromatic heterocycles. The van der Waals surface area contributed by atoms with Crippen molar-refractivity contribution in [3.05, 3.63) is 70.8 Å². The minimum Gasteiger partial charge on any atom is -0.380 e. The molecule has 1 atom stereocenters. The van der Waals surface area contributed by atoms with Crippen LogP contribution in [0.15, 0.2) is 48.5 Å². The highest BCUT2D eigenvalue weighted by Crippen LogP contribution is 2.29. The molecule has 3 nitrogen and oxygen atoms in total. The van der Waals surface area contributed by atoms with Crippen molar-refractivity contribution in [3.63, 3.8) is 0 Å². The van der Waals surface area contributed by atoms with Crippen molar-refractivity contribution in [2.24, 2.45) is 0 Å². The second-order valence-corrected chi connectivity index (χ2v) is 5.75. The average molecular weight is 295 g/mol. The Morgan fingerprint density at radius 1 is 1.18 bits per heavy atom. The van der Waals surface area contributed by atoms with Crippen LogP contribution in [-0.2, 0) is 17.8 Å². The molecule has 3 rings (SSSR count). The molecule has 0 fully saturated rings. The molecule has 0 saturated carbocycles. The smallest absolute Gasteiger partial charge is 0.251 e. The normalized spacial score (nSPS) is 16.9. The minimum absolute atomic E-state index is 0.00864. The van der Waals surface area contributed by atoms with Crippen LogP contribution < -0.4 is 5.32 Å². The maximum atomic E-state index is 12.4. The van der Waals surface area contributed by atoms with Crippen LogP contribution in [0.25, 0.3) is 0 Å². The van der Waals surface area contributed by atoms with Crippen LogP contribution >= 0.6 is 0 Å². The Balaban J connectivity index is 1.72. The van der Waals surface area contributed by atoms with Crippen LogP contribution in [0, 0.1) is 0 Å². The van der Waals surface area contributed by atoms with Crippen LogP contribution in [0.2, 0.25) is 0 Å². The molecule has 3 heteroatoms. The number of hydrogen-bond donors (Lipinski definition) is 1. The summed E-state index contributed by atoms with van der Waals surface area (Å²) in [4.78, 5) is 12.4. The Hall–Kier alpha value is -2.13. The number of fused-ring (bicyclic) bond motifs is 1. The Kier molecular flexibility index (Phi) is 4.54. The number of hydrogen-bond acceptors (Lipinski definition) is 2. The molecule has 0 radical (unpaired) electrons. The zero-order valence-electron chi connectivity index (χ0n) is 12.8. The van der Waals surface area contributed by atoms with Gasteiger partial charge in [0, 0.05) is 12.7 Å². The molecular formula is C19H21NO2. The summed E-state index contributed by atoms with van der Waals surface area (Å²) in [5, 5.41) is 3.17. The Morgan fingerprint density at radius 2 is 1.95 bits per heavy atom. The molecule has 22 heavy (non-hydrogen) atoms. The van der Waals surface area contributed by atoms with E-state index < -0.39 is 0 Å². The zero-order chi connectivity index (χ0) is 15.4. The molecule has 1 unspecified atom stereocenters. The number of benzene rings is 2. The van der Waals surface area contributed by atoms with E-state index in [4.69, 9.17) is 4.74 Å². The number of rotatable bonds is 4. The average Bonchev–Trinajstić information content (AvgIpc) is 2.56. The van der Waals surface area contributed by atoms with Crippen molar-refractivity contribution in [3.8, 4) is 0 Å². The van der Waals surface area contributed by atoms with E-state index in [9.17, 15) is 4.79 Å². The van der Waals surface area contributed by atoms with E-state index in [0.717, 1.165) is 24.8 Å². The lowest BCUT2D eigenvalue weighted by Crippen LogP contribution is -2.30. The topological polar surface area (TPSA) is 38.3 Å². The summed E-state index contributed by atoms with van der Waals surface area (Å²) >= 11 is 0. The monoisotopic (exact) mass is 295 g/mol. The van der Waals surface area contributed by atoms with Gasteiger partial charge in [0.15, 0.2) is 0 Å². The lowest BCUT2D eigenvalue weighted by molar-refractivity contribution is 0.0932. The van der Waals surface area contributed by atoms with Gasteiger partial charge in [-0.15, -0.1) is 0 Å². The van der Waals surface area contributed by atoms with Crippen LogP contribution in [0.4, 0.5) is 0 Å². The second kappa shape index (κ2) is 6.75.